The molecule has 1 N–H and O–H groups in total. The highest BCUT2D eigenvalue weighted by Gasteiger charge is 2.26. The molecule has 2 aromatic rings. The highest BCUT2D eigenvalue weighted by atomic mass is 16.5. The zero-order valence-electron chi connectivity index (χ0n) is 13.0. The van der Waals surface area contributed by atoms with Crippen LogP contribution in [0.25, 0.3) is 11.3 Å². The zero-order chi connectivity index (χ0) is 16.4. The number of hydrogen-bond donors (Lipinski definition) is 1. The Balaban J connectivity index is 1.73. The van der Waals surface area contributed by atoms with Crippen LogP contribution >= 0.6 is 0 Å². The Kier molecular flexibility index (Phi) is 4.29. The van der Waals surface area contributed by atoms with Crippen molar-refractivity contribution in [2.24, 2.45) is 0 Å². The summed E-state index contributed by atoms with van der Waals surface area (Å²) in [5.41, 5.74) is 1.24. The second-order valence-corrected chi connectivity index (χ2v) is 5.97. The van der Waals surface area contributed by atoms with Crippen LogP contribution in [0.4, 0.5) is 4.79 Å². The lowest BCUT2D eigenvalue weighted by Crippen LogP contribution is -2.42. The van der Waals surface area contributed by atoms with Crippen molar-refractivity contribution in [2.75, 3.05) is 7.05 Å². The third-order valence-corrected chi connectivity index (χ3v) is 4.39. The first-order valence-corrected chi connectivity index (χ1v) is 7.73. The Labute approximate surface area is 134 Å². The maximum absolute atomic E-state index is 12.6. The molecule has 7 nitrogen and oxygen atoms in total. The van der Waals surface area contributed by atoms with E-state index < -0.39 is 0 Å². The highest BCUT2D eigenvalue weighted by molar-refractivity contribution is 5.78. The van der Waals surface area contributed by atoms with Crippen molar-refractivity contribution >= 4 is 6.03 Å². The summed E-state index contributed by atoms with van der Waals surface area (Å²) >= 11 is 0. The Morgan fingerprint density at radius 3 is 2.87 bits per heavy atom. The maximum Gasteiger partial charge on any atom is 0.329 e. The van der Waals surface area contributed by atoms with Gasteiger partial charge in [-0.2, -0.15) is 4.73 Å². The molecule has 0 unspecified atom stereocenters. The normalized spacial score (nSPS) is 21.1. The summed E-state index contributed by atoms with van der Waals surface area (Å²) < 4.78 is 2.14. The van der Waals surface area contributed by atoms with Crippen molar-refractivity contribution in [1.29, 1.82) is 0 Å². The number of rotatable bonds is 2. The molecule has 1 aliphatic rings. The molecule has 1 amide bonds. The lowest BCUT2D eigenvalue weighted by atomic mass is 9.92. The molecule has 1 saturated carbocycles. The van der Waals surface area contributed by atoms with E-state index in [-0.39, 0.29) is 18.2 Å². The molecule has 0 bridgehead atoms. The van der Waals surface area contributed by atoms with Crippen LogP contribution in [-0.4, -0.2) is 44.8 Å². The van der Waals surface area contributed by atoms with Crippen LogP contribution in [0.1, 0.15) is 25.7 Å². The molecule has 0 atom stereocenters. The Hall–Kier alpha value is -2.41. The Morgan fingerprint density at radius 1 is 1.43 bits per heavy atom. The first-order valence-electron chi connectivity index (χ1n) is 7.73. The topological polar surface area (TPSA) is 85.3 Å². The van der Waals surface area contributed by atoms with E-state index in [9.17, 15) is 15.1 Å². The third kappa shape index (κ3) is 3.34. The number of carbonyl (C=O) groups excluding carboxylic acids is 1. The Bertz CT molecular complexity index is 692. The van der Waals surface area contributed by atoms with E-state index in [1.54, 1.807) is 30.3 Å². The maximum atomic E-state index is 12.6. The molecule has 0 aliphatic heterocycles. The van der Waals surface area contributed by atoms with Gasteiger partial charge in [0, 0.05) is 25.4 Å². The van der Waals surface area contributed by atoms with Crippen molar-refractivity contribution in [3.63, 3.8) is 0 Å². The average molecular weight is 316 g/mol. The summed E-state index contributed by atoms with van der Waals surface area (Å²) in [6, 6.07) is 3.40. The molecule has 1 aliphatic carbocycles. The molecular formula is C16H20N4O3. The van der Waals surface area contributed by atoms with Crippen LogP contribution < -0.4 is 4.73 Å². The molecule has 0 radical (unpaired) electrons. The molecule has 0 aromatic carbocycles. The van der Waals surface area contributed by atoms with E-state index in [4.69, 9.17) is 0 Å². The van der Waals surface area contributed by atoms with Crippen LogP contribution in [0, 0.1) is 5.21 Å². The van der Waals surface area contributed by atoms with Gasteiger partial charge in [-0.15, -0.1) is 0 Å². The van der Waals surface area contributed by atoms with Crippen molar-refractivity contribution in [3.8, 4) is 11.3 Å². The molecule has 1 fully saturated rings. The molecule has 3 rings (SSSR count). The van der Waals surface area contributed by atoms with Gasteiger partial charge in [0.05, 0.1) is 17.4 Å². The number of aromatic nitrogens is 3. The second kappa shape index (κ2) is 6.37. The van der Waals surface area contributed by atoms with Gasteiger partial charge in [-0.3, -0.25) is 4.57 Å². The van der Waals surface area contributed by atoms with Crippen molar-refractivity contribution < 1.29 is 14.6 Å². The summed E-state index contributed by atoms with van der Waals surface area (Å²) in [6.45, 7) is 0. The zero-order valence-corrected chi connectivity index (χ0v) is 13.0. The van der Waals surface area contributed by atoms with E-state index in [0.29, 0.717) is 16.0 Å². The Morgan fingerprint density at radius 2 is 2.17 bits per heavy atom. The SMILES string of the molecule is CN(C(=O)n1cnc(-c2ccc[n+]([O-])c2)c1)C1CCC(O)CC1. The van der Waals surface area contributed by atoms with Gasteiger partial charge in [0.15, 0.2) is 12.4 Å². The number of nitrogens with zero attached hydrogens (tertiary/aromatic N) is 4. The van der Waals surface area contributed by atoms with Crippen molar-refractivity contribution in [2.45, 2.75) is 37.8 Å². The van der Waals surface area contributed by atoms with Gasteiger partial charge in [0.25, 0.3) is 0 Å². The van der Waals surface area contributed by atoms with E-state index in [2.05, 4.69) is 4.98 Å². The minimum atomic E-state index is -0.244. The molecule has 122 valence electrons. The lowest BCUT2D eigenvalue weighted by Gasteiger charge is -2.32. The number of aliphatic hydroxyl groups is 1. The molecular weight excluding hydrogens is 296 g/mol. The van der Waals surface area contributed by atoms with Gasteiger partial charge in [-0.1, -0.05) is 0 Å². The monoisotopic (exact) mass is 316 g/mol. The fourth-order valence-corrected chi connectivity index (χ4v) is 2.97. The molecule has 0 spiro atoms. The predicted molar refractivity (Wildman–Crippen MR) is 83.4 cm³/mol. The van der Waals surface area contributed by atoms with Gasteiger partial charge in [-0.25, -0.2) is 9.78 Å². The fraction of sp³-hybridized carbons (Fsp3) is 0.438. The van der Waals surface area contributed by atoms with E-state index in [1.165, 1.54) is 23.3 Å². The third-order valence-electron chi connectivity index (χ3n) is 4.39. The van der Waals surface area contributed by atoms with Gasteiger partial charge in [0.1, 0.15) is 6.33 Å². The number of imidazole rings is 1. The first kappa shape index (κ1) is 15.5. The average Bonchev–Trinajstić information content (AvgIpc) is 3.04. The van der Waals surface area contributed by atoms with Crippen molar-refractivity contribution in [1.82, 2.24) is 14.5 Å². The summed E-state index contributed by atoms with van der Waals surface area (Å²) in [5, 5.41) is 20.9. The van der Waals surface area contributed by atoms with Crippen LogP contribution in [0.15, 0.2) is 37.1 Å². The smallest absolute Gasteiger partial charge is 0.329 e. The lowest BCUT2D eigenvalue weighted by molar-refractivity contribution is -0.604. The molecule has 2 heterocycles. The molecule has 23 heavy (non-hydrogen) atoms. The van der Waals surface area contributed by atoms with Gasteiger partial charge in [-0.05, 0) is 31.7 Å². The van der Waals surface area contributed by atoms with Gasteiger partial charge in [0.2, 0.25) is 0 Å². The molecule has 0 saturated heterocycles. The molecule has 7 heteroatoms. The van der Waals surface area contributed by atoms with Crippen LogP contribution in [0.5, 0.6) is 0 Å². The summed E-state index contributed by atoms with van der Waals surface area (Å²) in [6.07, 6.45) is 8.74. The van der Waals surface area contributed by atoms with Crippen LogP contribution in [0.2, 0.25) is 0 Å². The minimum Gasteiger partial charge on any atom is -0.619 e. The van der Waals surface area contributed by atoms with E-state index >= 15 is 0 Å². The summed E-state index contributed by atoms with van der Waals surface area (Å²) in [4.78, 5) is 18.5. The highest BCUT2D eigenvalue weighted by Crippen LogP contribution is 2.23. The van der Waals surface area contributed by atoms with Crippen LogP contribution in [-0.2, 0) is 0 Å². The molecule has 2 aromatic heterocycles. The predicted octanol–water partition coefficient (Wildman–Crippen LogP) is 1.39. The van der Waals surface area contributed by atoms with Gasteiger partial charge < -0.3 is 15.2 Å². The number of aliphatic hydroxyl groups excluding tert-OH is 1. The van der Waals surface area contributed by atoms with E-state index in [0.717, 1.165) is 25.7 Å². The quantitative estimate of drug-likeness (QED) is 0.670. The summed E-state index contributed by atoms with van der Waals surface area (Å²) in [7, 11) is 1.78. The fourth-order valence-electron chi connectivity index (χ4n) is 2.97. The first-order chi connectivity index (χ1) is 11.0. The number of hydrogen-bond acceptors (Lipinski definition) is 4. The standard InChI is InChI=1S/C16H20N4O3/c1-18(13-4-6-14(21)7-5-13)16(22)19-10-15(17-11-19)12-3-2-8-20(23)9-12/h2-3,8-11,13-14,21H,4-7H2,1H3. The minimum absolute atomic E-state index is 0.136. The van der Waals surface area contributed by atoms with Crippen LogP contribution in [0.3, 0.4) is 0 Å². The number of carbonyl (C=O) groups is 1. The number of pyridine rings is 1. The van der Waals surface area contributed by atoms with Crippen molar-refractivity contribution in [3.05, 3.63) is 42.3 Å². The van der Waals surface area contributed by atoms with Gasteiger partial charge >= 0.3 is 6.03 Å². The van der Waals surface area contributed by atoms with E-state index in [1.807, 2.05) is 0 Å². The summed E-state index contributed by atoms with van der Waals surface area (Å²) in [5.74, 6) is 0. The largest absolute Gasteiger partial charge is 0.619 e. The second-order valence-electron chi connectivity index (χ2n) is 5.97. The number of amides is 1.